The molecule has 3 rings (SSSR count). The Labute approximate surface area is 157 Å². The van der Waals surface area contributed by atoms with E-state index in [9.17, 15) is 13.2 Å². The van der Waals surface area contributed by atoms with Gasteiger partial charge in [-0.15, -0.1) is 4.40 Å². The number of hydrogen-bond acceptors (Lipinski definition) is 6. The smallest absolute Gasteiger partial charge is 0.259 e. The van der Waals surface area contributed by atoms with Crippen LogP contribution in [0.1, 0.15) is 35.3 Å². The molecule has 2 aromatic rings. The van der Waals surface area contributed by atoms with Crippen molar-refractivity contribution in [3.05, 3.63) is 59.4 Å². The lowest BCUT2D eigenvalue weighted by atomic mass is 10.0. The molecule has 0 atom stereocenters. The Morgan fingerprint density at radius 3 is 2.67 bits per heavy atom. The van der Waals surface area contributed by atoms with Gasteiger partial charge in [-0.25, -0.2) is 8.42 Å². The van der Waals surface area contributed by atoms with Gasteiger partial charge in [-0.1, -0.05) is 12.1 Å². The highest BCUT2D eigenvalue weighted by Gasteiger charge is 2.27. The average Bonchev–Trinajstić information content (AvgIpc) is 2.59. The molecule has 0 fully saturated rings. The summed E-state index contributed by atoms with van der Waals surface area (Å²) >= 11 is 0. The number of sulfonamides is 1. The van der Waals surface area contributed by atoms with Crippen LogP contribution < -0.4 is 15.8 Å². The monoisotopic (exact) mass is 388 g/mol. The Bertz CT molecular complexity index is 1000. The van der Waals surface area contributed by atoms with Gasteiger partial charge in [-0.05, 0) is 37.6 Å². The first kappa shape index (κ1) is 18.8. The summed E-state index contributed by atoms with van der Waals surface area (Å²) in [6, 6.07) is 8.32. The van der Waals surface area contributed by atoms with Crippen LogP contribution in [0.4, 0.5) is 0 Å². The molecule has 1 aliphatic rings. The van der Waals surface area contributed by atoms with Gasteiger partial charge in [0.2, 0.25) is 0 Å². The number of amidine groups is 1. The van der Waals surface area contributed by atoms with Crippen molar-refractivity contribution in [1.29, 1.82) is 0 Å². The zero-order chi connectivity index (χ0) is 19.7. The first-order valence-corrected chi connectivity index (χ1v) is 9.83. The van der Waals surface area contributed by atoms with Crippen molar-refractivity contribution in [2.45, 2.75) is 25.1 Å². The van der Waals surface area contributed by atoms with Gasteiger partial charge in [0.05, 0.1) is 16.9 Å². The average molecular weight is 388 g/mol. The molecule has 1 aromatic carbocycles. The molecule has 1 aliphatic heterocycles. The number of nitrogens with zero attached hydrogens (tertiary/aromatic N) is 2. The van der Waals surface area contributed by atoms with E-state index in [1.54, 1.807) is 42.7 Å². The van der Waals surface area contributed by atoms with Crippen molar-refractivity contribution >= 4 is 21.8 Å². The maximum atomic E-state index is 12.3. The number of nitrogens with one attached hydrogen (secondary N) is 1. The van der Waals surface area contributed by atoms with Gasteiger partial charge in [-0.2, -0.15) is 0 Å². The van der Waals surface area contributed by atoms with Crippen molar-refractivity contribution < 1.29 is 17.9 Å². The number of aromatic nitrogens is 1. The number of benzene rings is 1. The number of pyridine rings is 1. The predicted molar refractivity (Wildman–Crippen MR) is 101 cm³/mol. The number of fused-ring (bicyclic) bond motifs is 1. The fourth-order valence-electron chi connectivity index (χ4n) is 2.71. The highest BCUT2D eigenvalue weighted by Crippen LogP contribution is 2.28. The van der Waals surface area contributed by atoms with E-state index in [4.69, 9.17) is 10.5 Å². The lowest BCUT2D eigenvalue weighted by Gasteiger charge is -2.27. The molecule has 27 heavy (non-hydrogen) atoms. The van der Waals surface area contributed by atoms with Gasteiger partial charge in [0.25, 0.3) is 15.9 Å². The van der Waals surface area contributed by atoms with Gasteiger partial charge < -0.3 is 15.8 Å². The third-order valence-electron chi connectivity index (χ3n) is 3.93. The van der Waals surface area contributed by atoms with Crippen LogP contribution in [0.3, 0.4) is 0 Å². The molecule has 0 saturated heterocycles. The van der Waals surface area contributed by atoms with Crippen molar-refractivity contribution in [3.63, 3.8) is 0 Å². The van der Waals surface area contributed by atoms with Gasteiger partial charge >= 0.3 is 0 Å². The number of amides is 1. The Balaban J connectivity index is 1.75. The topological polar surface area (TPSA) is 124 Å². The Hall–Kier alpha value is -2.94. The third kappa shape index (κ3) is 4.43. The first-order valence-electron chi connectivity index (χ1n) is 8.23. The second-order valence-electron chi connectivity index (χ2n) is 6.86. The molecule has 0 unspecified atom stereocenters. The summed E-state index contributed by atoms with van der Waals surface area (Å²) in [7, 11) is -3.61. The van der Waals surface area contributed by atoms with Crippen LogP contribution in [-0.2, 0) is 15.8 Å². The van der Waals surface area contributed by atoms with Crippen LogP contribution in [0.2, 0.25) is 0 Å². The molecule has 2 heterocycles. The third-order valence-corrected chi connectivity index (χ3v) is 5.08. The van der Waals surface area contributed by atoms with Gasteiger partial charge in [0, 0.05) is 18.0 Å². The zero-order valence-electron chi connectivity index (χ0n) is 15.0. The molecule has 0 aliphatic carbocycles. The molecular weight excluding hydrogens is 368 g/mol. The molecule has 0 spiro atoms. The van der Waals surface area contributed by atoms with Gasteiger partial charge in [0.15, 0.2) is 0 Å². The Morgan fingerprint density at radius 1 is 1.26 bits per heavy atom. The maximum absolute atomic E-state index is 12.3. The minimum atomic E-state index is -3.61. The Morgan fingerprint density at radius 2 is 1.96 bits per heavy atom. The van der Waals surface area contributed by atoms with Crippen LogP contribution in [0.5, 0.6) is 5.75 Å². The summed E-state index contributed by atoms with van der Waals surface area (Å²) in [4.78, 5) is 16.2. The first-order chi connectivity index (χ1) is 12.7. The lowest BCUT2D eigenvalue weighted by molar-refractivity contribution is 0.0880. The minimum Gasteiger partial charge on any atom is -0.490 e. The largest absolute Gasteiger partial charge is 0.490 e. The molecule has 9 heteroatoms. The lowest BCUT2D eigenvalue weighted by Crippen LogP contribution is -2.48. The summed E-state index contributed by atoms with van der Waals surface area (Å²) in [5, 5.41) is 2.90. The normalized spacial score (nSPS) is 15.4. The van der Waals surface area contributed by atoms with Gasteiger partial charge in [-0.3, -0.25) is 9.78 Å². The van der Waals surface area contributed by atoms with Crippen molar-refractivity contribution in [2.75, 3.05) is 6.61 Å². The summed E-state index contributed by atoms with van der Waals surface area (Å²) in [6.45, 7) is 3.80. The number of hydrogen-bond donors (Lipinski definition) is 2. The number of ether oxygens (including phenoxy) is 1. The van der Waals surface area contributed by atoms with E-state index in [-0.39, 0.29) is 24.1 Å². The predicted octanol–water partition coefficient (Wildman–Crippen LogP) is 1.22. The van der Waals surface area contributed by atoms with Crippen LogP contribution >= 0.6 is 0 Å². The molecule has 0 saturated carbocycles. The maximum Gasteiger partial charge on any atom is 0.259 e. The van der Waals surface area contributed by atoms with Crippen LogP contribution in [0.25, 0.3) is 0 Å². The molecule has 8 nitrogen and oxygen atoms in total. The quantitative estimate of drug-likeness (QED) is 0.794. The molecule has 1 aromatic heterocycles. The second kappa shape index (κ2) is 6.99. The van der Waals surface area contributed by atoms with Crippen LogP contribution in [0, 0.1) is 0 Å². The van der Waals surface area contributed by atoms with E-state index in [2.05, 4.69) is 14.7 Å². The van der Waals surface area contributed by atoms with E-state index in [1.807, 2.05) is 13.8 Å². The van der Waals surface area contributed by atoms with Gasteiger partial charge in [0.1, 0.15) is 18.2 Å². The number of carbonyl (C=O) groups is 1. The van der Waals surface area contributed by atoms with Crippen molar-refractivity contribution in [2.24, 2.45) is 10.1 Å². The molecule has 0 radical (unpaired) electrons. The van der Waals surface area contributed by atoms with Crippen molar-refractivity contribution in [3.8, 4) is 5.75 Å². The second-order valence-corrected chi connectivity index (χ2v) is 8.49. The summed E-state index contributed by atoms with van der Waals surface area (Å²) in [5.41, 5.74) is 6.66. The highest BCUT2D eigenvalue weighted by molar-refractivity contribution is 7.89. The number of carbonyl (C=O) groups excluding carboxylic acids is 1. The molecule has 142 valence electrons. The molecular formula is C18H20N4O4S. The number of rotatable bonds is 5. The summed E-state index contributed by atoms with van der Waals surface area (Å²) < 4.78 is 32.9. The van der Waals surface area contributed by atoms with E-state index < -0.39 is 15.6 Å². The molecule has 3 N–H and O–H groups in total. The SMILES string of the molecule is CC(C)(COc1cccc2c1C(N)=NS(=O)(=O)C2)NC(=O)c1ccncc1. The fourth-order valence-corrected chi connectivity index (χ4v) is 3.80. The van der Waals surface area contributed by atoms with E-state index >= 15 is 0 Å². The fraction of sp³-hybridized carbons (Fsp3) is 0.278. The van der Waals surface area contributed by atoms with Crippen molar-refractivity contribution in [1.82, 2.24) is 10.3 Å². The highest BCUT2D eigenvalue weighted by atomic mass is 32.2. The summed E-state index contributed by atoms with van der Waals surface area (Å²) in [6.07, 6.45) is 3.09. The zero-order valence-corrected chi connectivity index (χ0v) is 15.8. The number of nitrogens with two attached hydrogens (primary N) is 1. The van der Waals surface area contributed by atoms with E-state index in [1.165, 1.54) is 0 Å². The van der Waals surface area contributed by atoms with E-state index in [0.717, 1.165) is 0 Å². The van der Waals surface area contributed by atoms with Crippen LogP contribution in [0.15, 0.2) is 47.1 Å². The standard InChI is InChI=1S/C18H20N4O4S/c1-18(2,21-17(23)12-6-8-20-9-7-12)11-26-14-5-3-4-13-10-27(24,25)22-16(19)15(13)14/h3-9H,10-11H2,1-2H3,(H2,19,22)(H,21,23). The molecule has 0 bridgehead atoms. The van der Waals surface area contributed by atoms with E-state index in [0.29, 0.717) is 22.4 Å². The molecule has 1 amide bonds. The van der Waals surface area contributed by atoms with Crippen LogP contribution in [-0.4, -0.2) is 37.3 Å². The minimum absolute atomic E-state index is 0.0922. The Kier molecular flexibility index (Phi) is 4.88. The summed E-state index contributed by atoms with van der Waals surface area (Å²) in [5.74, 6) is -0.129.